The fraction of sp³-hybridized carbons (Fsp3) is 0.0952. The van der Waals surface area contributed by atoms with Crippen LogP contribution in [0.25, 0.3) is 0 Å². The minimum absolute atomic E-state index is 0.139. The van der Waals surface area contributed by atoms with E-state index in [4.69, 9.17) is 11.6 Å². The number of sulfonamides is 2. The zero-order chi connectivity index (χ0) is 26.0. The SMILES string of the molecule is CS(=O)(=O)Nc1cccc(C(=O)Nc2ccc(S(=O)(=O)Nc3ccc(Cl)c(C(F)(F)F)c3)cc2)c1. The second kappa shape index (κ2) is 9.76. The van der Waals surface area contributed by atoms with E-state index in [9.17, 15) is 34.8 Å². The Balaban J connectivity index is 1.74. The van der Waals surface area contributed by atoms with Crippen LogP contribution in [0.4, 0.5) is 30.2 Å². The van der Waals surface area contributed by atoms with Crippen LogP contribution >= 0.6 is 11.6 Å². The molecule has 186 valence electrons. The Morgan fingerprint density at radius 2 is 1.43 bits per heavy atom. The van der Waals surface area contributed by atoms with Crippen LogP contribution in [0.15, 0.2) is 71.6 Å². The maximum atomic E-state index is 13.0. The zero-order valence-corrected chi connectivity index (χ0v) is 20.1. The van der Waals surface area contributed by atoms with Crippen LogP contribution in [0.5, 0.6) is 0 Å². The van der Waals surface area contributed by atoms with Crippen LogP contribution in [0.2, 0.25) is 5.02 Å². The second-order valence-corrected chi connectivity index (χ2v) is 11.1. The van der Waals surface area contributed by atoms with Crippen molar-refractivity contribution in [3.8, 4) is 0 Å². The summed E-state index contributed by atoms with van der Waals surface area (Å²) in [5.41, 5.74) is -0.972. The van der Waals surface area contributed by atoms with Gasteiger partial charge in [-0.15, -0.1) is 0 Å². The van der Waals surface area contributed by atoms with Crippen molar-refractivity contribution in [1.82, 2.24) is 0 Å². The van der Waals surface area contributed by atoms with E-state index in [0.29, 0.717) is 6.07 Å². The van der Waals surface area contributed by atoms with Crippen LogP contribution in [0.3, 0.4) is 0 Å². The Labute approximate surface area is 204 Å². The van der Waals surface area contributed by atoms with Gasteiger partial charge in [-0.2, -0.15) is 13.2 Å². The van der Waals surface area contributed by atoms with Gasteiger partial charge in [-0.25, -0.2) is 16.8 Å². The van der Waals surface area contributed by atoms with Crippen molar-refractivity contribution in [2.24, 2.45) is 0 Å². The van der Waals surface area contributed by atoms with E-state index in [0.717, 1.165) is 30.5 Å². The molecule has 0 bridgehead atoms. The van der Waals surface area contributed by atoms with Gasteiger partial charge in [-0.05, 0) is 60.7 Å². The number of hydrogen-bond donors (Lipinski definition) is 3. The van der Waals surface area contributed by atoms with Crippen molar-refractivity contribution < 1.29 is 34.8 Å². The summed E-state index contributed by atoms with van der Waals surface area (Å²) in [7, 11) is -7.79. The quantitative estimate of drug-likeness (QED) is 0.393. The molecule has 0 aliphatic rings. The van der Waals surface area contributed by atoms with Gasteiger partial charge in [0.25, 0.3) is 15.9 Å². The number of hydrogen-bond acceptors (Lipinski definition) is 5. The van der Waals surface area contributed by atoms with Crippen LogP contribution in [0, 0.1) is 0 Å². The van der Waals surface area contributed by atoms with Gasteiger partial charge in [0, 0.05) is 22.6 Å². The fourth-order valence-corrected chi connectivity index (χ4v) is 4.71. The molecular weight excluding hydrogens is 531 g/mol. The van der Waals surface area contributed by atoms with Crippen molar-refractivity contribution in [2.45, 2.75) is 11.1 Å². The standard InChI is InChI=1S/C21H17ClF3N3O5S2/c1-34(30,31)27-15-4-2-3-13(11-15)20(29)26-14-5-8-17(9-6-14)35(32,33)28-16-7-10-19(22)18(12-16)21(23,24)25/h2-12,27-28H,1H3,(H,26,29). The summed E-state index contributed by atoms with van der Waals surface area (Å²) in [6.45, 7) is 0. The zero-order valence-electron chi connectivity index (χ0n) is 17.7. The maximum Gasteiger partial charge on any atom is 0.417 e. The fourth-order valence-electron chi connectivity index (χ4n) is 2.88. The minimum atomic E-state index is -4.77. The van der Waals surface area contributed by atoms with Gasteiger partial charge in [-0.3, -0.25) is 14.2 Å². The molecule has 0 aromatic heterocycles. The number of amides is 1. The Morgan fingerprint density at radius 3 is 2.03 bits per heavy atom. The normalized spacial score (nSPS) is 12.1. The van der Waals surface area contributed by atoms with Gasteiger partial charge in [0.15, 0.2) is 0 Å². The molecule has 3 aromatic rings. The highest BCUT2D eigenvalue weighted by molar-refractivity contribution is 7.92. The molecule has 0 radical (unpaired) electrons. The van der Waals surface area contributed by atoms with Gasteiger partial charge in [-0.1, -0.05) is 17.7 Å². The third-order valence-electron chi connectivity index (χ3n) is 4.37. The lowest BCUT2D eigenvalue weighted by Crippen LogP contribution is -2.15. The van der Waals surface area contributed by atoms with Gasteiger partial charge in [0.2, 0.25) is 10.0 Å². The van der Waals surface area contributed by atoms with Crippen LogP contribution < -0.4 is 14.8 Å². The van der Waals surface area contributed by atoms with E-state index in [1.54, 1.807) is 0 Å². The molecule has 1 amide bonds. The first-order chi connectivity index (χ1) is 16.1. The third-order valence-corrected chi connectivity index (χ3v) is 6.71. The number of carbonyl (C=O) groups is 1. The average molecular weight is 548 g/mol. The van der Waals surface area contributed by atoms with Gasteiger partial charge in [0.1, 0.15) is 0 Å². The lowest BCUT2D eigenvalue weighted by molar-refractivity contribution is -0.137. The predicted molar refractivity (Wildman–Crippen MR) is 127 cm³/mol. The van der Waals surface area contributed by atoms with Crippen molar-refractivity contribution >= 4 is 54.6 Å². The minimum Gasteiger partial charge on any atom is -0.322 e. The van der Waals surface area contributed by atoms with Crippen molar-refractivity contribution in [1.29, 1.82) is 0 Å². The monoisotopic (exact) mass is 547 g/mol. The van der Waals surface area contributed by atoms with E-state index >= 15 is 0 Å². The van der Waals surface area contributed by atoms with E-state index in [1.165, 1.54) is 36.4 Å². The Morgan fingerprint density at radius 1 is 0.829 bits per heavy atom. The largest absolute Gasteiger partial charge is 0.417 e. The molecule has 0 saturated heterocycles. The smallest absolute Gasteiger partial charge is 0.322 e. The number of rotatable bonds is 7. The molecule has 0 fully saturated rings. The molecule has 14 heteroatoms. The lowest BCUT2D eigenvalue weighted by atomic mass is 10.2. The summed E-state index contributed by atoms with van der Waals surface area (Å²) in [4.78, 5) is 12.2. The highest BCUT2D eigenvalue weighted by Gasteiger charge is 2.33. The van der Waals surface area contributed by atoms with Gasteiger partial charge >= 0.3 is 6.18 Å². The molecule has 0 heterocycles. The van der Waals surface area contributed by atoms with E-state index in [-0.39, 0.29) is 27.5 Å². The highest BCUT2D eigenvalue weighted by Crippen LogP contribution is 2.36. The number of nitrogens with one attached hydrogen (secondary N) is 3. The first-order valence-corrected chi connectivity index (χ1v) is 13.3. The Bertz CT molecular complexity index is 1480. The summed E-state index contributed by atoms with van der Waals surface area (Å²) >= 11 is 5.55. The summed E-state index contributed by atoms with van der Waals surface area (Å²) in [6.07, 6.45) is -3.80. The molecule has 0 atom stereocenters. The number of carbonyl (C=O) groups excluding carboxylic acids is 1. The number of alkyl halides is 3. The van der Waals surface area contributed by atoms with Crippen LogP contribution in [0.1, 0.15) is 15.9 Å². The Kier molecular flexibility index (Phi) is 7.34. The molecular formula is C21H17ClF3N3O5S2. The Hall–Kier alpha value is -3.29. The molecule has 3 rings (SSSR count). The predicted octanol–water partition coefficient (Wildman–Crippen LogP) is 4.78. The van der Waals surface area contributed by atoms with Gasteiger partial charge < -0.3 is 5.32 Å². The third kappa shape index (κ3) is 7.10. The van der Waals surface area contributed by atoms with Crippen molar-refractivity contribution in [3.63, 3.8) is 0 Å². The maximum absolute atomic E-state index is 13.0. The van der Waals surface area contributed by atoms with Crippen molar-refractivity contribution in [2.75, 3.05) is 21.0 Å². The van der Waals surface area contributed by atoms with Crippen LogP contribution in [-0.4, -0.2) is 29.0 Å². The molecule has 0 aliphatic carbocycles. The molecule has 0 spiro atoms. The van der Waals surface area contributed by atoms with Crippen LogP contribution in [-0.2, 0) is 26.2 Å². The topological polar surface area (TPSA) is 121 Å². The number of anilines is 3. The molecule has 35 heavy (non-hydrogen) atoms. The second-order valence-electron chi connectivity index (χ2n) is 7.23. The lowest BCUT2D eigenvalue weighted by Gasteiger charge is -2.13. The molecule has 0 saturated carbocycles. The van der Waals surface area contributed by atoms with Gasteiger partial charge in [0.05, 0.1) is 21.7 Å². The number of halogens is 4. The molecule has 3 aromatic carbocycles. The van der Waals surface area contributed by atoms with E-state index in [2.05, 4.69) is 14.8 Å². The highest BCUT2D eigenvalue weighted by atomic mass is 35.5. The summed E-state index contributed by atoms with van der Waals surface area (Å²) in [6, 6.07) is 13.2. The first kappa shape index (κ1) is 26.3. The van der Waals surface area contributed by atoms with E-state index in [1.807, 2.05) is 0 Å². The molecule has 3 N–H and O–H groups in total. The molecule has 8 nitrogen and oxygen atoms in total. The summed E-state index contributed by atoms with van der Waals surface area (Å²) in [5.74, 6) is -0.586. The van der Waals surface area contributed by atoms with E-state index < -0.39 is 42.7 Å². The summed E-state index contributed by atoms with van der Waals surface area (Å²) in [5, 5.41) is 1.96. The number of benzene rings is 3. The molecule has 0 unspecified atom stereocenters. The first-order valence-electron chi connectivity index (χ1n) is 9.53. The average Bonchev–Trinajstić information content (AvgIpc) is 2.73. The molecule has 0 aliphatic heterocycles. The van der Waals surface area contributed by atoms with Crippen molar-refractivity contribution in [3.05, 3.63) is 82.9 Å². The summed E-state index contributed by atoms with van der Waals surface area (Å²) < 4.78 is 91.3.